The van der Waals surface area contributed by atoms with E-state index in [4.69, 9.17) is 4.74 Å². The molecule has 0 spiro atoms. The summed E-state index contributed by atoms with van der Waals surface area (Å²) in [7, 11) is 0. The van der Waals surface area contributed by atoms with Crippen LogP contribution in [0.2, 0.25) is 0 Å². The summed E-state index contributed by atoms with van der Waals surface area (Å²) in [6.07, 6.45) is 1.52. The molecule has 0 unspecified atom stereocenters. The van der Waals surface area contributed by atoms with E-state index in [1.807, 2.05) is 24.3 Å². The third kappa shape index (κ3) is 5.39. The van der Waals surface area contributed by atoms with E-state index >= 15 is 0 Å². The van der Waals surface area contributed by atoms with Gasteiger partial charge in [0.25, 0.3) is 5.91 Å². The highest BCUT2D eigenvalue weighted by molar-refractivity contribution is 9.10. The largest absolute Gasteiger partial charge is 0.381 e. The van der Waals surface area contributed by atoms with E-state index in [9.17, 15) is 18.4 Å². The number of benzene rings is 2. The molecule has 2 aromatic carbocycles. The van der Waals surface area contributed by atoms with Crippen LogP contribution in [-0.4, -0.2) is 38.1 Å². The third-order valence-corrected chi connectivity index (χ3v) is 5.59. The van der Waals surface area contributed by atoms with Gasteiger partial charge in [0.1, 0.15) is 11.6 Å². The van der Waals surface area contributed by atoms with E-state index in [1.54, 1.807) is 0 Å². The predicted octanol–water partition coefficient (Wildman–Crippen LogP) is 3.32. The first-order chi connectivity index (χ1) is 13.9. The Morgan fingerprint density at radius 1 is 1.07 bits per heavy atom. The van der Waals surface area contributed by atoms with Gasteiger partial charge in [-0.15, -0.1) is 0 Å². The Labute approximate surface area is 176 Å². The molecule has 0 saturated carbocycles. The summed E-state index contributed by atoms with van der Waals surface area (Å²) in [5.74, 6) is -2.91. The maximum atomic E-state index is 13.7. The van der Waals surface area contributed by atoms with Crippen LogP contribution in [-0.2, 0) is 14.9 Å². The van der Waals surface area contributed by atoms with Gasteiger partial charge in [-0.3, -0.25) is 9.59 Å². The summed E-state index contributed by atoms with van der Waals surface area (Å²) < 4.78 is 33.1. The molecule has 0 aromatic heterocycles. The molecular weight excluding hydrogens is 446 g/mol. The second kappa shape index (κ2) is 9.45. The van der Waals surface area contributed by atoms with Crippen LogP contribution in [0, 0.1) is 11.6 Å². The van der Waals surface area contributed by atoms with Gasteiger partial charge in [0.2, 0.25) is 5.91 Å². The van der Waals surface area contributed by atoms with Crippen molar-refractivity contribution >= 4 is 27.7 Å². The van der Waals surface area contributed by atoms with Crippen molar-refractivity contribution in [2.75, 3.05) is 26.3 Å². The smallest absolute Gasteiger partial charge is 0.254 e. The van der Waals surface area contributed by atoms with Gasteiger partial charge in [-0.25, -0.2) is 8.78 Å². The fourth-order valence-corrected chi connectivity index (χ4v) is 3.81. The quantitative estimate of drug-likeness (QED) is 0.685. The number of nitrogens with one attached hydrogen (secondary N) is 2. The lowest BCUT2D eigenvalue weighted by atomic mass is 9.74. The minimum atomic E-state index is -0.973. The Kier molecular flexibility index (Phi) is 6.97. The minimum absolute atomic E-state index is 0.259. The molecule has 1 saturated heterocycles. The topological polar surface area (TPSA) is 67.4 Å². The number of ether oxygens (including phenoxy) is 1. The summed E-state index contributed by atoms with van der Waals surface area (Å²) in [5, 5.41) is 5.23. The van der Waals surface area contributed by atoms with E-state index in [-0.39, 0.29) is 23.4 Å². The lowest BCUT2D eigenvalue weighted by Gasteiger charge is -2.38. The summed E-state index contributed by atoms with van der Waals surface area (Å²) >= 11 is 3.49. The average molecular weight is 467 g/mol. The van der Waals surface area contributed by atoms with Gasteiger partial charge in [0.15, 0.2) is 0 Å². The molecule has 1 fully saturated rings. The van der Waals surface area contributed by atoms with E-state index < -0.39 is 17.5 Å². The van der Waals surface area contributed by atoms with Gasteiger partial charge in [0, 0.05) is 35.7 Å². The number of rotatable bonds is 6. The van der Waals surface area contributed by atoms with Gasteiger partial charge in [-0.05, 0) is 42.7 Å². The van der Waals surface area contributed by atoms with Crippen molar-refractivity contribution < 1.29 is 23.1 Å². The van der Waals surface area contributed by atoms with Crippen LogP contribution in [0.4, 0.5) is 8.78 Å². The monoisotopic (exact) mass is 466 g/mol. The molecule has 1 heterocycles. The Morgan fingerprint density at radius 3 is 2.52 bits per heavy atom. The van der Waals surface area contributed by atoms with Crippen molar-refractivity contribution in [2.45, 2.75) is 18.3 Å². The highest BCUT2D eigenvalue weighted by Crippen LogP contribution is 2.35. The van der Waals surface area contributed by atoms with Crippen molar-refractivity contribution in [3.8, 4) is 0 Å². The van der Waals surface area contributed by atoms with Gasteiger partial charge in [0.05, 0.1) is 12.1 Å². The molecule has 154 valence electrons. The zero-order valence-electron chi connectivity index (χ0n) is 15.6. The fraction of sp³-hybridized carbons (Fsp3) is 0.333. The Hall–Kier alpha value is -2.32. The highest BCUT2D eigenvalue weighted by Gasteiger charge is 2.35. The van der Waals surface area contributed by atoms with Crippen LogP contribution in [0.15, 0.2) is 46.9 Å². The fourth-order valence-electron chi connectivity index (χ4n) is 3.41. The Morgan fingerprint density at radius 2 is 1.83 bits per heavy atom. The van der Waals surface area contributed by atoms with Crippen LogP contribution < -0.4 is 10.6 Å². The maximum absolute atomic E-state index is 13.7. The van der Waals surface area contributed by atoms with Gasteiger partial charge in [-0.2, -0.15) is 0 Å². The molecule has 8 heteroatoms. The van der Waals surface area contributed by atoms with E-state index in [2.05, 4.69) is 26.6 Å². The summed E-state index contributed by atoms with van der Waals surface area (Å²) in [6.45, 7) is 1.29. The third-order valence-electron chi connectivity index (χ3n) is 5.10. The lowest BCUT2D eigenvalue weighted by molar-refractivity contribution is -0.120. The van der Waals surface area contributed by atoms with Crippen molar-refractivity contribution in [2.24, 2.45) is 0 Å². The molecule has 3 rings (SSSR count). The zero-order chi connectivity index (χ0) is 20.9. The number of halogens is 3. The van der Waals surface area contributed by atoms with Crippen LogP contribution in [0.3, 0.4) is 0 Å². The molecule has 1 aliphatic heterocycles. The molecule has 1 aliphatic rings. The Balaban J connectivity index is 1.60. The Bertz CT molecular complexity index is 901. The van der Waals surface area contributed by atoms with Crippen LogP contribution >= 0.6 is 15.9 Å². The number of carbonyl (C=O) groups excluding carboxylic acids is 2. The normalized spacial score (nSPS) is 15.6. The van der Waals surface area contributed by atoms with Crippen LogP contribution in [0.1, 0.15) is 28.8 Å². The minimum Gasteiger partial charge on any atom is -0.381 e. The first kappa shape index (κ1) is 21.4. The summed E-state index contributed by atoms with van der Waals surface area (Å²) in [6, 6.07) is 10.6. The molecule has 0 aliphatic carbocycles. The second-order valence-electron chi connectivity index (χ2n) is 6.99. The molecule has 5 nitrogen and oxygen atoms in total. The first-order valence-electron chi connectivity index (χ1n) is 9.23. The highest BCUT2D eigenvalue weighted by atomic mass is 79.9. The predicted molar refractivity (Wildman–Crippen MR) is 108 cm³/mol. The standard InChI is InChI=1S/C21H21BrF2N2O3/c22-15-3-1-2-14(10-15)21(6-8-29-9-7-21)13-26-19(27)12-25-20(28)17-5-4-16(23)11-18(17)24/h1-5,10-11H,6-9,12-13H2,(H,25,28)(H,26,27). The van der Waals surface area contributed by atoms with Crippen molar-refractivity contribution in [1.29, 1.82) is 0 Å². The number of hydrogen-bond donors (Lipinski definition) is 2. The van der Waals surface area contributed by atoms with Crippen molar-refractivity contribution in [3.05, 3.63) is 69.7 Å². The molecule has 0 bridgehead atoms. The van der Waals surface area contributed by atoms with E-state index in [1.165, 1.54) is 0 Å². The van der Waals surface area contributed by atoms with Gasteiger partial charge in [-0.1, -0.05) is 28.1 Å². The van der Waals surface area contributed by atoms with Gasteiger partial charge >= 0.3 is 0 Å². The van der Waals surface area contributed by atoms with Crippen molar-refractivity contribution in [1.82, 2.24) is 10.6 Å². The SMILES string of the molecule is O=C(CNC(=O)c1ccc(F)cc1F)NCC1(c2cccc(Br)c2)CCOCC1. The molecule has 2 amide bonds. The second-order valence-corrected chi connectivity index (χ2v) is 7.90. The zero-order valence-corrected chi connectivity index (χ0v) is 17.2. The van der Waals surface area contributed by atoms with E-state index in [0.29, 0.717) is 25.8 Å². The molecular formula is C21H21BrF2N2O3. The number of hydrogen-bond acceptors (Lipinski definition) is 3. The summed E-state index contributed by atoms with van der Waals surface area (Å²) in [5.41, 5.74) is 0.534. The van der Waals surface area contributed by atoms with Crippen LogP contribution in [0.25, 0.3) is 0 Å². The molecule has 0 atom stereocenters. The lowest BCUT2D eigenvalue weighted by Crippen LogP contribution is -2.47. The number of amides is 2. The first-order valence-corrected chi connectivity index (χ1v) is 10.0. The molecule has 2 aromatic rings. The average Bonchev–Trinajstić information content (AvgIpc) is 2.71. The molecule has 0 radical (unpaired) electrons. The van der Waals surface area contributed by atoms with Crippen LogP contribution in [0.5, 0.6) is 0 Å². The maximum Gasteiger partial charge on any atom is 0.254 e. The molecule has 29 heavy (non-hydrogen) atoms. The van der Waals surface area contributed by atoms with Gasteiger partial charge < -0.3 is 15.4 Å². The molecule has 2 N–H and O–H groups in total. The van der Waals surface area contributed by atoms with E-state index in [0.717, 1.165) is 35.0 Å². The summed E-state index contributed by atoms with van der Waals surface area (Å²) in [4.78, 5) is 24.3. The van der Waals surface area contributed by atoms with Crippen molar-refractivity contribution in [3.63, 3.8) is 0 Å². The number of carbonyl (C=O) groups is 2.